The van der Waals surface area contributed by atoms with Crippen molar-refractivity contribution in [3.8, 4) is 0 Å². The van der Waals surface area contributed by atoms with Crippen molar-refractivity contribution in [1.29, 1.82) is 0 Å². The second kappa shape index (κ2) is 6.99. The molecule has 3 rings (SSSR count). The third-order valence-corrected chi connectivity index (χ3v) is 4.66. The molecule has 0 unspecified atom stereocenters. The highest BCUT2D eigenvalue weighted by molar-refractivity contribution is 7.71. The molecule has 0 saturated heterocycles. The van der Waals surface area contributed by atoms with Gasteiger partial charge in [-0.25, -0.2) is 0 Å². The molecule has 0 bridgehead atoms. The smallest absolute Gasteiger partial charge is 0.326 e. The number of rotatable bonds is 4. The standard InChI is InChI=1S/C18H15F3N4O3S/c1-9(2)8-25-12-11(14(27)23-16(25)29)17(15(28)22-12,18(19,20)21)24-13(26)10-6-4-3-5-7-10/h3-7H,1,8H2,2H3,(H,22,28)(H,24,26)(H,23,27,29)/t17-/m0/s1. The van der Waals surface area contributed by atoms with E-state index in [2.05, 4.69) is 16.9 Å². The topological polar surface area (TPSA) is 96.0 Å². The van der Waals surface area contributed by atoms with Gasteiger partial charge in [-0.15, -0.1) is 0 Å². The number of hydrogen-bond acceptors (Lipinski definition) is 4. The van der Waals surface area contributed by atoms with E-state index in [1.807, 2.05) is 0 Å². The summed E-state index contributed by atoms with van der Waals surface area (Å²) >= 11 is 5.02. The maximum absolute atomic E-state index is 14.2. The van der Waals surface area contributed by atoms with Crippen LogP contribution < -0.4 is 16.2 Å². The summed E-state index contributed by atoms with van der Waals surface area (Å²) in [5.41, 5.74) is -5.38. The van der Waals surface area contributed by atoms with Gasteiger partial charge in [0.2, 0.25) is 0 Å². The summed E-state index contributed by atoms with van der Waals surface area (Å²) in [5, 5.41) is 3.80. The average molecular weight is 424 g/mol. The Morgan fingerprint density at radius 2 is 1.90 bits per heavy atom. The van der Waals surface area contributed by atoms with Gasteiger partial charge in [-0.3, -0.25) is 19.4 Å². The van der Waals surface area contributed by atoms with Gasteiger partial charge < -0.3 is 15.2 Å². The summed E-state index contributed by atoms with van der Waals surface area (Å²) in [6.07, 6.45) is -5.32. The Hall–Kier alpha value is -3.21. The number of nitrogens with zero attached hydrogens (tertiary/aromatic N) is 1. The van der Waals surface area contributed by atoms with E-state index in [9.17, 15) is 27.6 Å². The van der Waals surface area contributed by atoms with E-state index >= 15 is 0 Å². The molecule has 2 amide bonds. The molecule has 0 aliphatic carbocycles. The summed E-state index contributed by atoms with van der Waals surface area (Å²) in [6, 6.07) is 7.05. The van der Waals surface area contributed by atoms with Crippen molar-refractivity contribution in [3.05, 3.63) is 68.7 Å². The van der Waals surface area contributed by atoms with Crippen LogP contribution in [0.3, 0.4) is 0 Å². The monoisotopic (exact) mass is 424 g/mol. The molecule has 1 atom stereocenters. The van der Waals surface area contributed by atoms with Gasteiger partial charge in [-0.2, -0.15) is 13.2 Å². The molecule has 7 nitrogen and oxygen atoms in total. The number of fused-ring (bicyclic) bond motifs is 1. The van der Waals surface area contributed by atoms with Gasteiger partial charge in [0.15, 0.2) is 4.77 Å². The number of H-pyrrole nitrogens is 1. The molecule has 1 aliphatic rings. The third-order valence-electron chi connectivity index (χ3n) is 4.34. The number of aromatic amines is 1. The average Bonchev–Trinajstić information content (AvgIpc) is 2.93. The van der Waals surface area contributed by atoms with E-state index in [0.717, 1.165) is 4.57 Å². The number of allylic oxidation sites excluding steroid dienone is 1. The zero-order valence-corrected chi connectivity index (χ0v) is 15.8. The summed E-state index contributed by atoms with van der Waals surface area (Å²) in [6.45, 7) is 5.23. The zero-order chi connectivity index (χ0) is 21.6. The lowest BCUT2D eigenvalue weighted by Gasteiger charge is -2.30. The number of anilines is 1. The Kier molecular flexibility index (Phi) is 4.95. The van der Waals surface area contributed by atoms with E-state index in [1.165, 1.54) is 24.3 Å². The number of carbonyl (C=O) groups excluding carboxylic acids is 2. The maximum Gasteiger partial charge on any atom is 0.425 e. The molecule has 11 heteroatoms. The molecule has 3 N–H and O–H groups in total. The fourth-order valence-corrected chi connectivity index (χ4v) is 3.33. The lowest BCUT2D eigenvalue weighted by molar-refractivity contribution is -0.196. The highest BCUT2D eigenvalue weighted by Crippen LogP contribution is 2.45. The Bertz CT molecular complexity index is 1140. The van der Waals surface area contributed by atoms with E-state index in [1.54, 1.807) is 18.3 Å². The van der Waals surface area contributed by atoms with E-state index < -0.39 is 40.5 Å². The molecule has 1 aromatic heterocycles. The minimum atomic E-state index is -5.32. The maximum atomic E-state index is 14.2. The lowest BCUT2D eigenvalue weighted by Crippen LogP contribution is -2.61. The molecule has 1 aliphatic heterocycles. The number of halogens is 3. The Morgan fingerprint density at radius 3 is 2.45 bits per heavy atom. The number of aromatic nitrogens is 2. The largest absolute Gasteiger partial charge is 0.425 e. The van der Waals surface area contributed by atoms with E-state index in [-0.39, 0.29) is 16.9 Å². The quantitative estimate of drug-likeness (QED) is 0.519. The van der Waals surface area contributed by atoms with Gasteiger partial charge in [0.25, 0.3) is 22.9 Å². The van der Waals surface area contributed by atoms with Crippen LogP contribution in [0.4, 0.5) is 19.0 Å². The Labute approximate surface area is 167 Å². The predicted octanol–water partition coefficient (Wildman–Crippen LogP) is 2.62. The van der Waals surface area contributed by atoms with Gasteiger partial charge in [-0.1, -0.05) is 30.4 Å². The molecule has 0 radical (unpaired) electrons. The van der Waals surface area contributed by atoms with Crippen LogP contribution in [-0.2, 0) is 16.9 Å². The molecular formula is C18H15F3N4O3S. The van der Waals surface area contributed by atoms with E-state index in [0.29, 0.717) is 5.57 Å². The molecule has 2 heterocycles. The normalized spacial score (nSPS) is 18.1. The SMILES string of the molecule is C=C(C)Cn1c2c(c(=O)[nH]c1=S)[C@@](NC(=O)c1ccccc1)(C(F)(F)F)C(=O)N2. The van der Waals surface area contributed by atoms with Crippen LogP contribution in [0, 0.1) is 4.77 Å². The van der Waals surface area contributed by atoms with Crippen molar-refractivity contribution >= 4 is 29.9 Å². The summed E-state index contributed by atoms with van der Waals surface area (Å²) in [5.74, 6) is -3.21. The first kappa shape index (κ1) is 20.5. The van der Waals surface area contributed by atoms with Crippen molar-refractivity contribution in [3.63, 3.8) is 0 Å². The Morgan fingerprint density at radius 1 is 1.28 bits per heavy atom. The number of amides is 2. The van der Waals surface area contributed by atoms with Gasteiger partial charge in [0, 0.05) is 12.1 Å². The van der Waals surface area contributed by atoms with Crippen LogP contribution in [0.5, 0.6) is 0 Å². The van der Waals surface area contributed by atoms with Crippen molar-refractivity contribution in [2.75, 3.05) is 5.32 Å². The van der Waals surface area contributed by atoms with Crippen molar-refractivity contribution in [2.24, 2.45) is 0 Å². The zero-order valence-electron chi connectivity index (χ0n) is 15.0. The fourth-order valence-electron chi connectivity index (χ4n) is 3.08. The van der Waals surface area contributed by atoms with Crippen LogP contribution in [0.2, 0.25) is 0 Å². The van der Waals surface area contributed by atoms with Gasteiger partial charge in [-0.05, 0) is 31.3 Å². The highest BCUT2D eigenvalue weighted by Gasteiger charge is 2.68. The fraction of sp³-hybridized carbons (Fsp3) is 0.222. The number of benzene rings is 1. The number of alkyl halides is 3. The molecular weight excluding hydrogens is 409 g/mol. The van der Waals surface area contributed by atoms with Crippen LogP contribution in [0.25, 0.3) is 0 Å². The molecule has 0 spiro atoms. The van der Waals surface area contributed by atoms with Gasteiger partial charge in [0.1, 0.15) is 11.4 Å². The molecule has 0 saturated carbocycles. The lowest BCUT2D eigenvalue weighted by atomic mass is 9.91. The summed E-state index contributed by atoms with van der Waals surface area (Å²) in [7, 11) is 0. The van der Waals surface area contributed by atoms with E-state index in [4.69, 9.17) is 12.2 Å². The molecule has 29 heavy (non-hydrogen) atoms. The predicted molar refractivity (Wildman–Crippen MR) is 101 cm³/mol. The van der Waals surface area contributed by atoms with Crippen molar-refractivity contribution < 1.29 is 22.8 Å². The number of hydrogen-bond donors (Lipinski definition) is 3. The third kappa shape index (κ3) is 3.27. The summed E-state index contributed by atoms with van der Waals surface area (Å²) in [4.78, 5) is 39.7. The van der Waals surface area contributed by atoms with Crippen LogP contribution >= 0.6 is 12.2 Å². The first-order valence-corrected chi connectivity index (χ1v) is 8.67. The minimum absolute atomic E-state index is 0.0429. The summed E-state index contributed by atoms with van der Waals surface area (Å²) < 4.78 is 43.6. The van der Waals surface area contributed by atoms with Crippen LogP contribution in [0.15, 0.2) is 47.3 Å². The highest BCUT2D eigenvalue weighted by atomic mass is 32.1. The first-order chi connectivity index (χ1) is 13.5. The molecule has 0 fully saturated rings. The van der Waals surface area contributed by atoms with Gasteiger partial charge >= 0.3 is 6.18 Å². The van der Waals surface area contributed by atoms with Crippen molar-refractivity contribution in [1.82, 2.24) is 14.9 Å². The molecule has 1 aromatic carbocycles. The Balaban J connectivity index is 2.27. The number of nitrogens with one attached hydrogen (secondary N) is 3. The second-order valence-electron chi connectivity index (χ2n) is 6.55. The van der Waals surface area contributed by atoms with Crippen LogP contribution in [-0.4, -0.2) is 27.5 Å². The number of carbonyl (C=O) groups is 2. The molecule has 152 valence electrons. The molecule has 2 aromatic rings. The minimum Gasteiger partial charge on any atom is -0.326 e. The van der Waals surface area contributed by atoms with Crippen LogP contribution in [0.1, 0.15) is 22.8 Å². The first-order valence-electron chi connectivity index (χ1n) is 8.26. The second-order valence-corrected chi connectivity index (χ2v) is 6.93. The van der Waals surface area contributed by atoms with Crippen molar-refractivity contribution in [2.45, 2.75) is 25.2 Å². The van der Waals surface area contributed by atoms with Gasteiger partial charge in [0.05, 0.1) is 0 Å².